The lowest BCUT2D eigenvalue weighted by Crippen LogP contribution is -2.20. The Morgan fingerprint density at radius 2 is 1.53 bits per heavy atom. The van der Waals surface area contributed by atoms with Crippen LogP contribution in [0, 0.1) is 13.8 Å². The van der Waals surface area contributed by atoms with E-state index >= 15 is 0 Å². The summed E-state index contributed by atoms with van der Waals surface area (Å²) in [6, 6.07) is 15.9. The van der Waals surface area contributed by atoms with E-state index in [1.165, 1.54) is 0 Å². The molecule has 0 saturated carbocycles. The second kappa shape index (κ2) is 5.70. The summed E-state index contributed by atoms with van der Waals surface area (Å²) < 4.78 is 0. The number of hydrogen-bond donors (Lipinski definition) is 1. The first kappa shape index (κ1) is 13.3. The number of nitrogens with one attached hydrogen (secondary N) is 1. The highest BCUT2D eigenvalue weighted by atomic mass is 16.1. The fraction of sp³-hybridized carbons (Fsp3) is 0.235. The smallest absolute Gasteiger partial charge is 0.231 e. The van der Waals surface area contributed by atoms with Gasteiger partial charge in [-0.05, 0) is 37.5 Å². The van der Waals surface area contributed by atoms with Crippen LogP contribution in [0.25, 0.3) is 0 Å². The van der Waals surface area contributed by atoms with Gasteiger partial charge in [-0.2, -0.15) is 0 Å². The summed E-state index contributed by atoms with van der Waals surface area (Å²) in [5.74, 6) is -0.121. The van der Waals surface area contributed by atoms with Crippen molar-refractivity contribution in [1.29, 1.82) is 0 Å². The molecular formula is C17H19NO. The molecule has 0 aliphatic rings. The molecule has 0 aromatic heterocycles. The van der Waals surface area contributed by atoms with Crippen LogP contribution in [-0.2, 0) is 4.79 Å². The van der Waals surface area contributed by atoms with Crippen molar-refractivity contribution in [3.8, 4) is 0 Å². The molecule has 2 rings (SSSR count). The first-order valence-corrected chi connectivity index (χ1v) is 6.51. The van der Waals surface area contributed by atoms with Crippen molar-refractivity contribution in [2.75, 3.05) is 5.32 Å². The van der Waals surface area contributed by atoms with E-state index in [0.717, 1.165) is 22.4 Å². The molecule has 2 nitrogen and oxygen atoms in total. The van der Waals surface area contributed by atoms with E-state index in [0.29, 0.717) is 0 Å². The Kier molecular flexibility index (Phi) is 4.00. The standard InChI is InChI=1S/C17H19NO/c1-12-8-7-9-13(2)16(12)18-17(19)14(3)15-10-5-4-6-11-15/h4-11,14H,1-3H3,(H,18,19)/t14-/m0/s1. The molecule has 98 valence electrons. The summed E-state index contributed by atoms with van der Waals surface area (Å²) in [7, 11) is 0. The average Bonchev–Trinajstić information content (AvgIpc) is 2.43. The molecule has 19 heavy (non-hydrogen) atoms. The minimum atomic E-state index is -0.153. The summed E-state index contributed by atoms with van der Waals surface area (Å²) in [4.78, 5) is 12.3. The van der Waals surface area contributed by atoms with Gasteiger partial charge in [-0.3, -0.25) is 4.79 Å². The van der Waals surface area contributed by atoms with E-state index in [2.05, 4.69) is 5.32 Å². The average molecular weight is 253 g/mol. The third-order valence-corrected chi connectivity index (χ3v) is 3.42. The summed E-state index contributed by atoms with van der Waals surface area (Å²) >= 11 is 0. The lowest BCUT2D eigenvalue weighted by molar-refractivity contribution is -0.117. The van der Waals surface area contributed by atoms with Crippen molar-refractivity contribution < 1.29 is 4.79 Å². The Balaban J connectivity index is 2.18. The summed E-state index contributed by atoms with van der Waals surface area (Å²) in [5.41, 5.74) is 4.14. The quantitative estimate of drug-likeness (QED) is 0.878. The minimum Gasteiger partial charge on any atom is -0.325 e. The molecule has 0 fully saturated rings. The number of carbonyl (C=O) groups excluding carboxylic acids is 1. The Morgan fingerprint density at radius 1 is 0.947 bits per heavy atom. The topological polar surface area (TPSA) is 29.1 Å². The number of hydrogen-bond acceptors (Lipinski definition) is 1. The van der Waals surface area contributed by atoms with Crippen molar-refractivity contribution >= 4 is 11.6 Å². The number of rotatable bonds is 3. The van der Waals surface area contributed by atoms with Crippen LogP contribution >= 0.6 is 0 Å². The summed E-state index contributed by atoms with van der Waals surface area (Å²) in [6.07, 6.45) is 0. The summed E-state index contributed by atoms with van der Waals surface area (Å²) in [5, 5.41) is 3.04. The van der Waals surface area contributed by atoms with Gasteiger partial charge < -0.3 is 5.32 Å². The normalized spacial score (nSPS) is 11.9. The maximum absolute atomic E-state index is 12.3. The zero-order valence-electron chi connectivity index (χ0n) is 11.6. The van der Waals surface area contributed by atoms with Gasteiger partial charge in [-0.1, -0.05) is 48.5 Å². The largest absolute Gasteiger partial charge is 0.325 e. The Hall–Kier alpha value is -2.09. The second-order valence-corrected chi connectivity index (χ2v) is 4.89. The minimum absolute atomic E-state index is 0.0311. The van der Waals surface area contributed by atoms with Crippen LogP contribution in [-0.4, -0.2) is 5.91 Å². The Morgan fingerprint density at radius 3 is 2.11 bits per heavy atom. The van der Waals surface area contributed by atoms with E-state index in [1.54, 1.807) is 0 Å². The van der Waals surface area contributed by atoms with E-state index in [-0.39, 0.29) is 11.8 Å². The van der Waals surface area contributed by atoms with E-state index < -0.39 is 0 Å². The fourth-order valence-electron chi connectivity index (χ4n) is 2.14. The molecule has 0 bridgehead atoms. The zero-order chi connectivity index (χ0) is 13.8. The molecular weight excluding hydrogens is 234 g/mol. The molecule has 1 atom stereocenters. The molecule has 0 aliphatic heterocycles. The van der Waals surface area contributed by atoms with Crippen molar-refractivity contribution in [2.45, 2.75) is 26.7 Å². The number of anilines is 1. The van der Waals surface area contributed by atoms with Gasteiger partial charge in [-0.15, -0.1) is 0 Å². The number of para-hydroxylation sites is 1. The zero-order valence-corrected chi connectivity index (χ0v) is 11.6. The molecule has 1 N–H and O–H groups in total. The Labute approximate surface area is 114 Å². The van der Waals surface area contributed by atoms with Gasteiger partial charge in [0.2, 0.25) is 5.91 Å². The number of aryl methyl sites for hydroxylation is 2. The van der Waals surface area contributed by atoms with Gasteiger partial charge in [-0.25, -0.2) is 0 Å². The molecule has 0 radical (unpaired) electrons. The SMILES string of the molecule is Cc1cccc(C)c1NC(=O)[C@@H](C)c1ccccc1. The van der Waals surface area contributed by atoms with Crippen molar-refractivity contribution in [3.05, 3.63) is 65.2 Å². The van der Waals surface area contributed by atoms with E-state index in [1.807, 2.05) is 69.3 Å². The van der Waals surface area contributed by atoms with Gasteiger partial charge in [0.25, 0.3) is 0 Å². The van der Waals surface area contributed by atoms with Gasteiger partial charge in [0.15, 0.2) is 0 Å². The number of carbonyl (C=O) groups is 1. The molecule has 2 heteroatoms. The molecule has 0 heterocycles. The van der Waals surface area contributed by atoms with Crippen LogP contribution < -0.4 is 5.32 Å². The molecule has 0 saturated heterocycles. The third-order valence-electron chi connectivity index (χ3n) is 3.42. The van der Waals surface area contributed by atoms with Gasteiger partial charge in [0.05, 0.1) is 5.92 Å². The summed E-state index contributed by atoms with van der Waals surface area (Å²) in [6.45, 7) is 5.95. The molecule has 0 aliphatic carbocycles. The third kappa shape index (κ3) is 3.02. The predicted molar refractivity (Wildman–Crippen MR) is 79.4 cm³/mol. The lowest BCUT2D eigenvalue weighted by Gasteiger charge is -2.15. The van der Waals surface area contributed by atoms with Crippen LogP contribution in [0.1, 0.15) is 29.5 Å². The van der Waals surface area contributed by atoms with Crippen LogP contribution in [0.4, 0.5) is 5.69 Å². The molecule has 2 aromatic rings. The van der Waals surface area contributed by atoms with E-state index in [9.17, 15) is 4.79 Å². The maximum atomic E-state index is 12.3. The van der Waals surface area contributed by atoms with Crippen LogP contribution in [0.2, 0.25) is 0 Å². The highest BCUT2D eigenvalue weighted by Crippen LogP contribution is 2.22. The molecule has 2 aromatic carbocycles. The Bertz CT molecular complexity index is 555. The van der Waals surface area contributed by atoms with Gasteiger partial charge >= 0.3 is 0 Å². The van der Waals surface area contributed by atoms with Gasteiger partial charge in [0, 0.05) is 5.69 Å². The second-order valence-electron chi connectivity index (χ2n) is 4.89. The molecule has 0 spiro atoms. The maximum Gasteiger partial charge on any atom is 0.231 e. The molecule has 0 unspecified atom stereocenters. The number of amides is 1. The van der Waals surface area contributed by atoms with Crippen LogP contribution in [0.3, 0.4) is 0 Å². The fourth-order valence-corrected chi connectivity index (χ4v) is 2.14. The highest BCUT2D eigenvalue weighted by Gasteiger charge is 2.16. The van der Waals surface area contributed by atoms with Crippen LogP contribution in [0.15, 0.2) is 48.5 Å². The van der Waals surface area contributed by atoms with Crippen LogP contribution in [0.5, 0.6) is 0 Å². The first-order valence-electron chi connectivity index (χ1n) is 6.51. The lowest BCUT2D eigenvalue weighted by atomic mass is 10.00. The highest BCUT2D eigenvalue weighted by molar-refractivity contribution is 5.96. The first-order chi connectivity index (χ1) is 9.09. The predicted octanol–water partition coefficient (Wildman–Crippen LogP) is 4.05. The van der Waals surface area contributed by atoms with Crippen molar-refractivity contribution in [3.63, 3.8) is 0 Å². The van der Waals surface area contributed by atoms with E-state index in [4.69, 9.17) is 0 Å². The van der Waals surface area contributed by atoms with Gasteiger partial charge in [0.1, 0.15) is 0 Å². The van der Waals surface area contributed by atoms with Crippen molar-refractivity contribution in [2.24, 2.45) is 0 Å². The number of benzene rings is 2. The van der Waals surface area contributed by atoms with Crippen molar-refractivity contribution in [1.82, 2.24) is 0 Å². The molecule has 1 amide bonds. The monoisotopic (exact) mass is 253 g/mol.